The van der Waals surface area contributed by atoms with Gasteiger partial charge in [0.2, 0.25) is 0 Å². The number of carbonyl (C=O) groups excluding carboxylic acids is 1. The Morgan fingerprint density at radius 2 is 1.29 bits per heavy atom. The second-order valence-corrected chi connectivity index (χ2v) is 7.29. The van der Waals surface area contributed by atoms with Gasteiger partial charge in [0, 0.05) is 22.6 Å². The molecule has 4 rings (SSSR count). The average Bonchev–Trinajstić information content (AvgIpc) is 3.27. The number of carbonyl (C=O) groups is 1. The van der Waals surface area contributed by atoms with E-state index in [4.69, 9.17) is 4.74 Å². The fraction of sp³-hybridized carbons (Fsp3) is 0.160. The number of benzene rings is 3. The molecule has 0 atom stereocenters. The summed E-state index contributed by atoms with van der Waals surface area (Å²) >= 11 is 0. The normalized spacial score (nSPS) is 10.7. The van der Waals surface area contributed by atoms with Crippen molar-refractivity contribution in [3.63, 3.8) is 0 Å². The molecule has 0 aliphatic rings. The van der Waals surface area contributed by atoms with Crippen LogP contribution in [-0.2, 0) is 4.74 Å². The molecule has 3 aromatic carbocycles. The monoisotopic (exact) mass is 412 g/mol. The Kier molecular flexibility index (Phi) is 5.80. The van der Waals surface area contributed by atoms with Crippen molar-refractivity contribution in [3.05, 3.63) is 89.6 Å². The zero-order valence-corrected chi connectivity index (χ0v) is 17.8. The lowest BCUT2D eigenvalue weighted by molar-refractivity contribution is 0.0520. The minimum absolute atomic E-state index is 0.184. The van der Waals surface area contributed by atoms with Gasteiger partial charge in [-0.2, -0.15) is 10.3 Å². The van der Waals surface area contributed by atoms with Crippen molar-refractivity contribution >= 4 is 23.0 Å². The molecule has 0 fully saturated rings. The largest absolute Gasteiger partial charge is 0.461 e. The second kappa shape index (κ2) is 8.83. The smallest absolute Gasteiger partial charge is 0.361 e. The molecule has 6 heteroatoms. The van der Waals surface area contributed by atoms with Crippen LogP contribution in [0.2, 0.25) is 0 Å². The minimum atomic E-state index is -0.490. The Morgan fingerprint density at radius 3 is 1.77 bits per heavy atom. The number of aromatic amines is 1. The third kappa shape index (κ3) is 4.33. The number of nitrogens with one attached hydrogen (secondary N) is 1. The molecule has 0 saturated carbocycles. The van der Waals surface area contributed by atoms with E-state index in [0.29, 0.717) is 5.69 Å². The van der Waals surface area contributed by atoms with Gasteiger partial charge in [-0.3, -0.25) is 0 Å². The molecule has 1 heterocycles. The number of hydrogen-bond acceptors (Lipinski definition) is 5. The number of aromatic nitrogens is 3. The summed E-state index contributed by atoms with van der Waals surface area (Å²) in [6.45, 7) is 6.20. The quantitative estimate of drug-likeness (QED) is 0.409. The van der Waals surface area contributed by atoms with Crippen LogP contribution in [0.4, 0.5) is 17.1 Å². The van der Waals surface area contributed by atoms with Crippen LogP contribution in [0.1, 0.15) is 28.5 Å². The molecule has 1 N–H and O–H groups in total. The van der Waals surface area contributed by atoms with E-state index in [2.05, 4.69) is 82.7 Å². The van der Waals surface area contributed by atoms with Gasteiger partial charge >= 0.3 is 5.97 Å². The number of anilines is 3. The van der Waals surface area contributed by atoms with Gasteiger partial charge < -0.3 is 9.64 Å². The molecule has 4 aromatic rings. The van der Waals surface area contributed by atoms with E-state index in [-0.39, 0.29) is 12.3 Å². The lowest BCUT2D eigenvalue weighted by Crippen LogP contribution is -2.10. The topological polar surface area (TPSA) is 71.1 Å². The maximum atomic E-state index is 12.1. The van der Waals surface area contributed by atoms with Crippen molar-refractivity contribution in [1.29, 1.82) is 0 Å². The first-order valence-electron chi connectivity index (χ1n) is 10.2. The van der Waals surface area contributed by atoms with Gasteiger partial charge in [-0.1, -0.05) is 47.5 Å². The minimum Gasteiger partial charge on any atom is -0.461 e. The SMILES string of the molecule is CCOC(=O)c1n[nH]nc1-c1ccc(N(c2ccc(C)cc2)c2ccc(C)cc2)cc1. The van der Waals surface area contributed by atoms with Crippen LogP contribution in [0.3, 0.4) is 0 Å². The maximum Gasteiger partial charge on any atom is 0.361 e. The predicted octanol–water partition coefficient (Wildman–Crippen LogP) is 5.74. The first kappa shape index (κ1) is 20.3. The molecule has 0 unspecified atom stereocenters. The molecule has 0 aliphatic carbocycles. The number of esters is 1. The Labute approximate surface area is 181 Å². The molecular formula is C25H24N4O2. The molecule has 0 bridgehead atoms. The van der Waals surface area contributed by atoms with Gasteiger partial charge in [0.05, 0.1) is 6.61 Å². The highest BCUT2D eigenvalue weighted by atomic mass is 16.5. The summed E-state index contributed by atoms with van der Waals surface area (Å²) in [6, 6.07) is 24.8. The summed E-state index contributed by atoms with van der Waals surface area (Å²) < 4.78 is 5.08. The molecule has 0 saturated heterocycles. The summed E-state index contributed by atoms with van der Waals surface area (Å²) in [4.78, 5) is 14.3. The van der Waals surface area contributed by atoms with Crippen LogP contribution >= 0.6 is 0 Å². The fourth-order valence-corrected chi connectivity index (χ4v) is 3.38. The Bertz CT molecular complexity index is 1120. The number of aryl methyl sites for hydroxylation is 2. The summed E-state index contributed by atoms with van der Waals surface area (Å²) in [5.74, 6) is -0.490. The summed E-state index contributed by atoms with van der Waals surface area (Å²) in [5.41, 5.74) is 6.99. The van der Waals surface area contributed by atoms with Gasteiger partial charge in [0.1, 0.15) is 5.69 Å². The molecule has 31 heavy (non-hydrogen) atoms. The van der Waals surface area contributed by atoms with Crippen molar-refractivity contribution in [2.24, 2.45) is 0 Å². The summed E-state index contributed by atoms with van der Waals surface area (Å²) in [5, 5.41) is 10.6. The molecule has 0 amide bonds. The molecule has 0 spiro atoms. The first-order valence-corrected chi connectivity index (χ1v) is 10.2. The van der Waals surface area contributed by atoms with Gasteiger partial charge in [0.15, 0.2) is 5.69 Å². The number of nitrogens with zero attached hydrogens (tertiary/aromatic N) is 3. The lowest BCUT2D eigenvalue weighted by atomic mass is 10.1. The number of hydrogen-bond donors (Lipinski definition) is 1. The van der Waals surface area contributed by atoms with Crippen LogP contribution in [-0.4, -0.2) is 28.0 Å². The number of ether oxygens (including phenoxy) is 1. The van der Waals surface area contributed by atoms with Gasteiger partial charge in [-0.25, -0.2) is 4.79 Å². The van der Waals surface area contributed by atoms with Crippen LogP contribution in [0.15, 0.2) is 72.8 Å². The van der Waals surface area contributed by atoms with Crippen LogP contribution in [0.5, 0.6) is 0 Å². The highest BCUT2D eigenvalue weighted by molar-refractivity contribution is 5.94. The van der Waals surface area contributed by atoms with Gasteiger partial charge in [-0.05, 0) is 57.2 Å². The third-order valence-electron chi connectivity index (χ3n) is 5.00. The molecule has 0 radical (unpaired) electrons. The number of H-pyrrole nitrogens is 1. The first-order chi connectivity index (χ1) is 15.1. The average molecular weight is 412 g/mol. The molecule has 156 valence electrons. The highest BCUT2D eigenvalue weighted by Gasteiger charge is 2.19. The molecule has 0 aliphatic heterocycles. The third-order valence-corrected chi connectivity index (χ3v) is 5.00. The zero-order valence-electron chi connectivity index (χ0n) is 17.8. The Morgan fingerprint density at radius 1 is 0.806 bits per heavy atom. The second-order valence-electron chi connectivity index (χ2n) is 7.29. The van der Waals surface area contributed by atoms with E-state index in [1.807, 2.05) is 24.3 Å². The van der Waals surface area contributed by atoms with Crippen molar-refractivity contribution in [3.8, 4) is 11.3 Å². The standard InChI is InChI=1S/C25H24N4O2/c1-4-31-25(30)24-23(26-28-27-24)19-9-15-22(16-10-19)29(20-11-5-17(2)6-12-20)21-13-7-18(3)8-14-21/h5-16H,4H2,1-3H3,(H,26,27,28). The Balaban J connectivity index is 1.72. The summed E-state index contributed by atoms with van der Waals surface area (Å²) in [6.07, 6.45) is 0. The fourth-order valence-electron chi connectivity index (χ4n) is 3.38. The van der Waals surface area contributed by atoms with E-state index >= 15 is 0 Å². The van der Waals surface area contributed by atoms with E-state index in [9.17, 15) is 4.79 Å². The predicted molar refractivity (Wildman–Crippen MR) is 122 cm³/mol. The molecule has 1 aromatic heterocycles. The van der Waals surface area contributed by atoms with Crippen LogP contribution < -0.4 is 4.90 Å². The maximum absolute atomic E-state index is 12.1. The van der Waals surface area contributed by atoms with Crippen molar-refractivity contribution < 1.29 is 9.53 Å². The van der Waals surface area contributed by atoms with Crippen molar-refractivity contribution in [2.45, 2.75) is 20.8 Å². The molecule has 6 nitrogen and oxygen atoms in total. The number of rotatable bonds is 6. The van der Waals surface area contributed by atoms with Crippen molar-refractivity contribution in [2.75, 3.05) is 11.5 Å². The van der Waals surface area contributed by atoms with E-state index in [1.165, 1.54) is 11.1 Å². The van der Waals surface area contributed by atoms with Crippen LogP contribution in [0, 0.1) is 13.8 Å². The van der Waals surface area contributed by atoms with Gasteiger partial charge in [-0.15, -0.1) is 5.10 Å². The van der Waals surface area contributed by atoms with Crippen molar-refractivity contribution in [1.82, 2.24) is 15.4 Å². The highest BCUT2D eigenvalue weighted by Crippen LogP contribution is 2.35. The lowest BCUT2D eigenvalue weighted by Gasteiger charge is -2.26. The summed E-state index contributed by atoms with van der Waals surface area (Å²) in [7, 11) is 0. The van der Waals surface area contributed by atoms with Gasteiger partial charge in [0.25, 0.3) is 0 Å². The van der Waals surface area contributed by atoms with E-state index in [0.717, 1.165) is 22.6 Å². The Hall–Kier alpha value is -3.93. The van der Waals surface area contributed by atoms with E-state index in [1.54, 1.807) is 6.92 Å². The molecular weight excluding hydrogens is 388 g/mol. The van der Waals surface area contributed by atoms with E-state index < -0.39 is 5.97 Å². The van der Waals surface area contributed by atoms with Crippen LogP contribution in [0.25, 0.3) is 11.3 Å². The zero-order chi connectivity index (χ0) is 21.8.